The third-order valence-corrected chi connectivity index (χ3v) is 2.84. The Labute approximate surface area is 125 Å². The lowest BCUT2D eigenvalue weighted by Gasteiger charge is -2.02. The first-order valence-corrected chi connectivity index (χ1v) is 6.19. The van der Waals surface area contributed by atoms with E-state index in [1.54, 1.807) is 19.1 Å². The van der Waals surface area contributed by atoms with Crippen molar-refractivity contribution < 1.29 is 14.6 Å². The summed E-state index contributed by atoms with van der Waals surface area (Å²) < 4.78 is 0. The van der Waals surface area contributed by atoms with Gasteiger partial charge in [0.25, 0.3) is 5.69 Å². The van der Waals surface area contributed by atoms with E-state index in [1.165, 1.54) is 24.5 Å². The Kier molecular flexibility index (Phi) is 4.42. The fourth-order valence-electron chi connectivity index (χ4n) is 1.65. The topological polar surface area (TPSA) is 121 Å². The molecule has 0 radical (unpaired) electrons. The van der Waals surface area contributed by atoms with Crippen LogP contribution in [0.5, 0.6) is 0 Å². The van der Waals surface area contributed by atoms with Gasteiger partial charge in [-0.15, -0.1) is 0 Å². The highest BCUT2D eigenvalue weighted by atomic mass is 16.7. The molecule has 0 aliphatic carbocycles. The van der Waals surface area contributed by atoms with Gasteiger partial charge in [0.05, 0.1) is 10.5 Å². The van der Waals surface area contributed by atoms with Gasteiger partial charge >= 0.3 is 5.97 Å². The second-order valence-corrected chi connectivity index (χ2v) is 4.35. The fraction of sp³-hybridized carbons (Fsp3) is 0.0714. The molecule has 0 bridgehead atoms. The average Bonchev–Trinajstić information content (AvgIpc) is 2.53. The zero-order chi connectivity index (χ0) is 16.1. The second-order valence-electron chi connectivity index (χ2n) is 4.35. The molecule has 0 unspecified atom stereocenters. The molecule has 0 aliphatic rings. The summed E-state index contributed by atoms with van der Waals surface area (Å²) in [6.07, 6.45) is 3.03. The molecule has 0 saturated heterocycles. The predicted octanol–water partition coefficient (Wildman–Crippen LogP) is 1.78. The largest absolute Gasteiger partial charge is 0.380 e. The number of oxime groups is 1. The van der Waals surface area contributed by atoms with Gasteiger partial charge in [-0.25, -0.2) is 4.79 Å². The summed E-state index contributed by atoms with van der Waals surface area (Å²) in [5, 5.41) is 14.4. The number of benzene rings is 1. The van der Waals surface area contributed by atoms with E-state index in [2.05, 4.69) is 10.1 Å². The molecule has 1 heterocycles. The second kappa shape index (κ2) is 6.44. The Morgan fingerprint density at radius 1 is 1.27 bits per heavy atom. The zero-order valence-corrected chi connectivity index (χ0v) is 11.6. The molecular weight excluding hydrogens is 288 g/mol. The van der Waals surface area contributed by atoms with E-state index in [-0.39, 0.29) is 17.1 Å². The van der Waals surface area contributed by atoms with E-state index in [1.807, 2.05) is 0 Å². The number of carbonyl (C=O) groups excluding carboxylic acids is 1. The van der Waals surface area contributed by atoms with Crippen LogP contribution in [-0.2, 0) is 4.84 Å². The Morgan fingerprint density at radius 3 is 2.59 bits per heavy atom. The molecule has 0 saturated carbocycles. The summed E-state index contributed by atoms with van der Waals surface area (Å²) in [4.78, 5) is 30.6. The molecule has 1 aromatic heterocycles. The Hall–Kier alpha value is -3.29. The number of nitro benzene ring substituents is 1. The maximum Gasteiger partial charge on any atom is 0.366 e. The fourth-order valence-corrected chi connectivity index (χ4v) is 1.65. The number of rotatable bonds is 4. The van der Waals surface area contributed by atoms with Crippen LogP contribution < -0.4 is 5.73 Å². The highest BCUT2D eigenvalue weighted by Gasteiger charge is 2.16. The number of amidine groups is 1. The number of aryl methyl sites for hydroxylation is 1. The Morgan fingerprint density at radius 2 is 1.95 bits per heavy atom. The predicted molar refractivity (Wildman–Crippen MR) is 78.2 cm³/mol. The summed E-state index contributed by atoms with van der Waals surface area (Å²) >= 11 is 0. The van der Waals surface area contributed by atoms with Crippen LogP contribution in [0.15, 0.2) is 47.9 Å². The average molecular weight is 300 g/mol. The zero-order valence-electron chi connectivity index (χ0n) is 11.6. The lowest BCUT2D eigenvalue weighted by Crippen LogP contribution is -2.15. The highest BCUT2D eigenvalue weighted by Crippen LogP contribution is 2.19. The first-order chi connectivity index (χ1) is 10.5. The van der Waals surface area contributed by atoms with Gasteiger partial charge in [-0.3, -0.25) is 15.1 Å². The minimum atomic E-state index is -0.833. The summed E-state index contributed by atoms with van der Waals surface area (Å²) in [6.45, 7) is 1.58. The Bertz CT molecular complexity index is 744. The number of aromatic nitrogens is 1. The molecule has 1 aromatic carbocycles. The van der Waals surface area contributed by atoms with Gasteiger partial charge in [-0.05, 0) is 25.1 Å². The van der Waals surface area contributed by atoms with E-state index in [0.29, 0.717) is 11.1 Å². The number of pyridine rings is 1. The molecule has 2 N–H and O–H groups in total. The van der Waals surface area contributed by atoms with Crippen molar-refractivity contribution in [3.8, 4) is 0 Å². The van der Waals surface area contributed by atoms with Crippen LogP contribution in [0.4, 0.5) is 5.69 Å². The van der Waals surface area contributed by atoms with Crippen molar-refractivity contribution in [1.82, 2.24) is 4.98 Å². The van der Waals surface area contributed by atoms with Crippen molar-refractivity contribution in [2.75, 3.05) is 0 Å². The molecule has 8 heteroatoms. The molecule has 0 atom stereocenters. The molecule has 8 nitrogen and oxygen atoms in total. The lowest BCUT2D eigenvalue weighted by molar-refractivity contribution is -0.385. The van der Waals surface area contributed by atoms with Crippen LogP contribution in [0, 0.1) is 17.0 Å². The molecule has 112 valence electrons. The molecule has 22 heavy (non-hydrogen) atoms. The third-order valence-electron chi connectivity index (χ3n) is 2.84. The Balaban J connectivity index is 2.16. The quantitative estimate of drug-likeness (QED) is 0.302. The summed E-state index contributed by atoms with van der Waals surface area (Å²) in [5.41, 5.74) is 6.50. The van der Waals surface area contributed by atoms with Crippen LogP contribution in [0.25, 0.3) is 0 Å². The van der Waals surface area contributed by atoms with Gasteiger partial charge in [0.1, 0.15) is 0 Å². The van der Waals surface area contributed by atoms with E-state index in [0.717, 1.165) is 6.07 Å². The molecule has 0 aliphatic heterocycles. The molecule has 0 fully saturated rings. The van der Waals surface area contributed by atoms with Crippen LogP contribution in [0.2, 0.25) is 0 Å². The molecule has 2 rings (SSSR count). The van der Waals surface area contributed by atoms with Gasteiger partial charge in [-0.2, -0.15) is 0 Å². The van der Waals surface area contributed by atoms with E-state index < -0.39 is 10.9 Å². The first-order valence-electron chi connectivity index (χ1n) is 6.19. The van der Waals surface area contributed by atoms with Gasteiger partial charge in [-0.1, -0.05) is 11.2 Å². The number of nitrogens with two attached hydrogens (primary N) is 1. The van der Waals surface area contributed by atoms with Gasteiger partial charge in [0, 0.05) is 29.6 Å². The van der Waals surface area contributed by atoms with Crippen LogP contribution in [-0.4, -0.2) is 21.7 Å². The molecule has 0 spiro atoms. The smallest absolute Gasteiger partial charge is 0.366 e. The van der Waals surface area contributed by atoms with Gasteiger partial charge < -0.3 is 10.6 Å². The normalized spacial score (nSPS) is 11.0. The molecule has 2 aromatic rings. The van der Waals surface area contributed by atoms with Crippen molar-refractivity contribution >= 4 is 17.5 Å². The van der Waals surface area contributed by atoms with Crippen LogP contribution in [0.3, 0.4) is 0 Å². The maximum atomic E-state index is 11.8. The van der Waals surface area contributed by atoms with E-state index in [9.17, 15) is 14.9 Å². The van der Waals surface area contributed by atoms with Gasteiger partial charge in [0.2, 0.25) is 0 Å². The standard InChI is InChI=1S/C14H12N4O4/c1-9-2-3-11(8-12(9)18(20)21)14(19)22-17-13(15)10-4-6-16-7-5-10/h2-8H,1H3,(H2,15,17). The minimum Gasteiger partial charge on any atom is -0.380 e. The number of hydrogen-bond acceptors (Lipinski definition) is 6. The summed E-state index contributed by atoms with van der Waals surface area (Å²) in [7, 11) is 0. The maximum absolute atomic E-state index is 11.8. The van der Waals surface area contributed by atoms with Crippen molar-refractivity contribution in [3.05, 3.63) is 69.5 Å². The first kappa shape index (κ1) is 15.1. The lowest BCUT2D eigenvalue weighted by atomic mass is 10.1. The van der Waals surface area contributed by atoms with E-state index in [4.69, 9.17) is 10.6 Å². The van der Waals surface area contributed by atoms with Crippen LogP contribution >= 0.6 is 0 Å². The monoisotopic (exact) mass is 300 g/mol. The molecule has 0 amide bonds. The highest BCUT2D eigenvalue weighted by molar-refractivity contribution is 5.98. The number of nitrogens with zero attached hydrogens (tertiary/aromatic N) is 3. The SMILES string of the molecule is Cc1ccc(C(=O)O/N=C(\N)c2ccncc2)cc1[N+](=O)[O-]. The number of carbonyl (C=O) groups is 1. The number of hydrogen-bond donors (Lipinski definition) is 1. The van der Waals surface area contributed by atoms with Crippen molar-refractivity contribution in [2.24, 2.45) is 10.9 Å². The molecular formula is C14H12N4O4. The van der Waals surface area contributed by atoms with Crippen LogP contribution in [0.1, 0.15) is 21.5 Å². The van der Waals surface area contributed by atoms with Crippen molar-refractivity contribution in [1.29, 1.82) is 0 Å². The minimum absolute atomic E-state index is 0.00244. The van der Waals surface area contributed by atoms with E-state index >= 15 is 0 Å². The summed E-state index contributed by atoms with van der Waals surface area (Å²) in [6, 6.07) is 7.22. The number of nitro groups is 1. The third kappa shape index (κ3) is 3.42. The van der Waals surface area contributed by atoms with Crippen molar-refractivity contribution in [2.45, 2.75) is 6.92 Å². The van der Waals surface area contributed by atoms with Crippen molar-refractivity contribution in [3.63, 3.8) is 0 Å². The van der Waals surface area contributed by atoms with Gasteiger partial charge in [0.15, 0.2) is 5.84 Å². The summed E-state index contributed by atoms with van der Waals surface area (Å²) in [5.74, 6) is -0.836.